The van der Waals surface area contributed by atoms with Crippen LogP contribution in [0.2, 0.25) is 0 Å². The molecule has 1 aliphatic rings. The van der Waals surface area contributed by atoms with Gasteiger partial charge >= 0.3 is 0 Å². The molecule has 0 spiro atoms. The molecule has 0 bridgehead atoms. The lowest BCUT2D eigenvalue weighted by Gasteiger charge is -2.32. The Morgan fingerprint density at radius 3 is 2.72 bits per heavy atom. The monoisotopic (exact) mass is 498 g/mol. The van der Waals surface area contributed by atoms with E-state index in [0.29, 0.717) is 17.1 Å². The topological polar surface area (TPSA) is 156 Å². The first-order valence-electron chi connectivity index (χ1n) is 11.8. The number of aromatic hydroxyl groups is 1. The van der Waals surface area contributed by atoms with E-state index >= 15 is 0 Å². The lowest BCUT2D eigenvalue weighted by Crippen LogP contribution is -2.48. The molecule has 2 aromatic heterocycles. The molecule has 3 aromatic rings. The number of nitrogens with zero attached hydrogens (tertiary/aromatic N) is 5. The van der Waals surface area contributed by atoms with Gasteiger partial charge < -0.3 is 29.6 Å². The first-order valence-corrected chi connectivity index (χ1v) is 11.8. The Bertz CT molecular complexity index is 1200. The van der Waals surface area contributed by atoms with E-state index in [2.05, 4.69) is 20.7 Å². The van der Waals surface area contributed by atoms with E-state index in [0.717, 1.165) is 30.5 Å². The number of hydrogen-bond donors (Lipinski definition) is 3. The highest BCUT2D eigenvalue weighted by Crippen LogP contribution is 2.32. The number of aromatic nitrogens is 4. The van der Waals surface area contributed by atoms with Crippen molar-refractivity contribution in [3.63, 3.8) is 0 Å². The van der Waals surface area contributed by atoms with Crippen LogP contribution in [0.25, 0.3) is 11.6 Å². The highest BCUT2D eigenvalue weighted by atomic mass is 16.5. The number of amides is 2. The third-order valence-corrected chi connectivity index (χ3v) is 6.13. The lowest BCUT2D eigenvalue weighted by atomic mass is 10.0. The molecular formula is C24H30N6O6. The van der Waals surface area contributed by atoms with Crippen molar-refractivity contribution < 1.29 is 29.0 Å². The van der Waals surface area contributed by atoms with Crippen LogP contribution >= 0.6 is 0 Å². The van der Waals surface area contributed by atoms with Crippen molar-refractivity contribution in [2.75, 3.05) is 20.3 Å². The minimum Gasteiger partial charge on any atom is -0.504 e. The fourth-order valence-electron chi connectivity index (χ4n) is 4.37. The predicted molar refractivity (Wildman–Crippen MR) is 127 cm³/mol. The molecule has 0 radical (unpaired) electrons. The van der Waals surface area contributed by atoms with E-state index in [1.165, 1.54) is 24.1 Å². The number of ether oxygens (including phenoxy) is 1. The summed E-state index contributed by atoms with van der Waals surface area (Å²) in [6, 6.07) is 6.89. The van der Waals surface area contributed by atoms with Crippen LogP contribution in [-0.4, -0.2) is 73.4 Å². The molecule has 12 nitrogen and oxygen atoms in total. The van der Waals surface area contributed by atoms with Crippen molar-refractivity contribution in [3.05, 3.63) is 41.7 Å². The van der Waals surface area contributed by atoms with Gasteiger partial charge in [-0.25, -0.2) is 0 Å². The minimum atomic E-state index is -1.07. The van der Waals surface area contributed by atoms with Gasteiger partial charge in [-0.05, 0) is 54.8 Å². The van der Waals surface area contributed by atoms with E-state index in [4.69, 9.17) is 9.15 Å². The van der Waals surface area contributed by atoms with Gasteiger partial charge in [0.25, 0.3) is 0 Å². The van der Waals surface area contributed by atoms with Crippen LogP contribution in [0.4, 0.5) is 0 Å². The zero-order valence-corrected chi connectivity index (χ0v) is 20.3. The van der Waals surface area contributed by atoms with E-state index in [1.54, 1.807) is 25.1 Å². The number of tetrazole rings is 1. The molecule has 36 heavy (non-hydrogen) atoms. The summed E-state index contributed by atoms with van der Waals surface area (Å²) in [6.07, 6.45) is 3.78. The highest BCUT2D eigenvalue weighted by molar-refractivity contribution is 5.89. The molecule has 1 atom stereocenters. The molecule has 1 fully saturated rings. The van der Waals surface area contributed by atoms with Gasteiger partial charge in [-0.1, -0.05) is 18.9 Å². The summed E-state index contributed by atoms with van der Waals surface area (Å²) < 4.78 is 10.7. The summed E-state index contributed by atoms with van der Waals surface area (Å²) in [7, 11) is 1.40. The van der Waals surface area contributed by atoms with Crippen LogP contribution in [0.15, 0.2) is 34.7 Å². The van der Waals surface area contributed by atoms with E-state index in [1.807, 2.05) is 0 Å². The smallest absolute Gasteiger partial charge is 0.247 e. The number of hydrogen-bond acceptors (Lipinski definition) is 9. The second-order valence-corrected chi connectivity index (χ2v) is 8.69. The molecule has 2 amide bonds. The fourth-order valence-corrected chi connectivity index (χ4v) is 4.37. The van der Waals surface area contributed by atoms with Gasteiger partial charge in [-0.2, -0.15) is 4.80 Å². The van der Waals surface area contributed by atoms with E-state index in [-0.39, 0.29) is 49.0 Å². The van der Waals surface area contributed by atoms with Crippen LogP contribution in [0, 0.1) is 6.92 Å². The van der Waals surface area contributed by atoms with Gasteiger partial charge in [-0.15, -0.1) is 10.2 Å². The standard InChI is InChI=1S/C24H30N6O6/c1-15-7-10-19(36-15)23-26-28-30(27-23)14-21(33)29(11-12-31)22(24(34)25-17-5-3-4-6-17)16-8-9-18(32)20(13-16)35-2/h7-10,13,17,22,31-32H,3-6,11-12,14H2,1-2H3,(H,25,34)/t22-/m0/s1. The van der Waals surface area contributed by atoms with Gasteiger partial charge in [0, 0.05) is 12.6 Å². The number of furan rings is 1. The zero-order chi connectivity index (χ0) is 25.7. The van der Waals surface area contributed by atoms with Crippen molar-refractivity contribution in [1.29, 1.82) is 0 Å². The number of aliphatic hydroxyl groups excluding tert-OH is 1. The molecular weight excluding hydrogens is 468 g/mol. The van der Waals surface area contributed by atoms with Gasteiger partial charge in [0.05, 0.1) is 13.7 Å². The minimum absolute atomic E-state index is 0.0152. The normalized spacial score (nSPS) is 14.5. The molecule has 0 aliphatic heterocycles. The maximum Gasteiger partial charge on any atom is 0.247 e. The number of benzene rings is 1. The number of aliphatic hydroxyl groups is 1. The maximum atomic E-state index is 13.5. The Kier molecular flexibility index (Phi) is 7.84. The highest BCUT2D eigenvalue weighted by Gasteiger charge is 2.34. The Labute approximate surface area is 207 Å². The molecule has 12 heteroatoms. The van der Waals surface area contributed by atoms with E-state index < -0.39 is 11.9 Å². The van der Waals surface area contributed by atoms with Crippen molar-refractivity contribution in [3.8, 4) is 23.1 Å². The first-order chi connectivity index (χ1) is 17.4. The quantitative estimate of drug-likeness (QED) is 0.378. The molecule has 2 heterocycles. The SMILES string of the molecule is COc1cc([C@@H](C(=O)NC2CCCC2)N(CCO)C(=O)Cn2nnc(-c3ccc(C)o3)n2)ccc1O. The molecule has 1 aromatic carbocycles. The summed E-state index contributed by atoms with van der Waals surface area (Å²) in [5, 5.41) is 34.9. The van der Waals surface area contributed by atoms with Crippen LogP contribution in [0.5, 0.6) is 11.5 Å². The van der Waals surface area contributed by atoms with Crippen LogP contribution < -0.4 is 10.1 Å². The Morgan fingerprint density at radius 1 is 1.28 bits per heavy atom. The number of carbonyl (C=O) groups is 2. The van der Waals surface area contributed by atoms with Gasteiger partial charge in [0.1, 0.15) is 18.3 Å². The first kappa shape index (κ1) is 25.2. The van der Waals surface area contributed by atoms with Crippen LogP contribution in [0.1, 0.15) is 43.0 Å². The second kappa shape index (κ2) is 11.2. The van der Waals surface area contributed by atoms with Crippen molar-refractivity contribution in [2.45, 2.75) is 51.2 Å². The van der Waals surface area contributed by atoms with Crippen LogP contribution in [0.3, 0.4) is 0 Å². The maximum absolute atomic E-state index is 13.5. The number of carbonyl (C=O) groups excluding carboxylic acids is 2. The van der Waals surface area contributed by atoms with Crippen molar-refractivity contribution in [1.82, 2.24) is 30.4 Å². The summed E-state index contributed by atoms with van der Waals surface area (Å²) in [4.78, 5) is 29.3. The predicted octanol–water partition coefficient (Wildman–Crippen LogP) is 1.58. The Hall–Kier alpha value is -3.93. The average Bonchev–Trinajstić information content (AvgIpc) is 3.62. The summed E-state index contributed by atoms with van der Waals surface area (Å²) in [5.41, 5.74) is 0.431. The third-order valence-electron chi connectivity index (χ3n) is 6.13. The molecule has 0 saturated heterocycles. The summed E-state index contributed by atoms with van der Waals surface area (Å²) >= 11 is 0. The summed E-state index contributed by atoms with van der Waals surface area (Å²) in [5.74, 6) is 0.526. The van der Waals surface area contributed by atoms with Gasteiger partial charge in [-0.3, -0.25) is 9.59 Å². The molecule has 1 aliphatic carbocycles. The molecule has 192 valence electrons. The van der Waals surface area contributed by atoms with Gasteiger partial charge in [0.15, 0.2) is 17.3 Å². The lowest BCUT2D eigenvalue weighted by molar-refractivity contribution is -0.142. The van der Waals surface area contributed by atoms with Crippen LogP contribution in [-0.2, 0) is 16.1 Å². The average molecular weight is 499 g/mol. The third kappa shape index (κ3) is 5.65. The number of phenolic OH excluding ortho intramolecular Hbond substituents is 1. The molecule has 1 saturated carbocycles. The Balaban J connectivity index is 1.61. The number of rotatable bonds is 10. The van der Waals surface area contributed by atoms with E-state index in [9.17, 15) is 19.8 Å². The number of methoxy groups -OCH3 is 1. The largest absolute Gasteiger partial charge is 0.504 e. The van der Waals surface area contributed by atoms with Crippen molar-refractivity contribution >= 4 is 11.8 Å². The molecule has 4 rings (SSSR count). The molecule has 0 unspecified atom stereocenters. The summed E-state index contributed by atoms with van der Waals surface area (Å²) in [6.45, 7) is 1.01. The fraction of sp³-hybridized carbons (Fsp3) is 0.458. The zero-order valence-electron chi connectivity index (χ0n) is 20.3. The Morgan fingerprint density at radius 2 is 2.06 bits per heavy atom. The van der Waals surface area contributed by atoms with Crippen molar-refractivity contribution in [2.24, 2.45) is 0 Å². The second-order valence-electron chi connectivity index (χ2n) is 8.69. The molecule has 3 N–H and O–H groups in total. The number of nitrogens with one attached hydrogen (secondary N) is 1. The number of aryl methyl sites for hydroxylation is 1. The number of phenols is 1. The van der Waals surface area contributed by atoms with Gasteiger partial charge in [0.2, 0.25) is 17.6 Å².